The molecule has 21 heavy (non-hydrogen) atoms. The van der Waals surface area contributed by atoms with E-state index in [0.717, 1.165) is 24.5 Å². The Bertz CT molecular complexity index is 437. The standard InChI is InChI=1S/C19H29NO/c1-2-3-6-15-9-11-19(20,12-10-15)14-17-13-16-7-4-5-8-18(16)21-17/h4-5,7-8,15,17H,2-3,6,9-14,20H2,1H3. The van der Waals surface area contributed by atoms with Crippen LogP contribution in [0.2, 0.25) is 0 Å². The minimum absolute atomic E-state index is 0.00935. The van der Waals surface area contributed by atoms with Crippen molar-refractivity contribution in [3.8, 4) is 5.75 Å². The van der Waals surface area contributed by atoms with Gasteiger partial charge in [-0.2, -0.15) is 0 Å². The number of hydrogen-bond donors (Lipinski definition) is 1. The number of unbranched alkanes of at least 4 members (excludes halogenated alkanes) is 1. The maximum atomic E-state index is 6.68. The largest absolute Gasteiger partial charge is 0.490 e. The average molecular weight is 287 g/mol. The monoisotopic (exact) mass is 287 g/mol. The van der Waals surface area contributed by atoms with Crippen LogP contribution >= 0.6 is 0 Å². The van der Waals surface area contributed by atoms with Gasteiger partial charge in [-0.25, -0.2) is 0 Å². The number of para-hydroxylation sites is 1. The van der Waals surface area contributed by atoms with Crippen molar-refractivity contribution in [1.82, 2.24) is 0 Å². The second kappa shape index (κ2) is 6.39. The van der Waals surface area contributed by atoms with Crippen LogP contribution in [0.5, 0.6) is 5.75 Å². The number of benzene rings is 1. The molecule has 3 rings (SSSR count). The second-order valence-electron chi connectivity index (χ2n) is 7.20. The maximum Gasteiger partial charge on any atom is 0.123 e. The molecule has 1 aliphatic heterocycles. The summed E-state index contributed by atoms with van der Waals surface area (Å²) in [6.45, 7) is 2.28. The van der Waals surface area contributed by atoms with Crippen LogP contribution in [0.15, 0.2) is 24.3 Å². The van der Waals surface area contributed by atoms with Crippen molar-refractivity contribution >= 4 is 0 Å². The molecule has 1 heterocycles. The van der Waals surface area contributed by atoms with E-state index in [4.69, 9.17) is 10.5 Å². The molecule has 2 aliphatic rings. The predicted molar refractivity (Wildman–Crippen MR) is 87.6 cm³/mol. The van der Waals surface area contributed by atoms with E-state index in [1.165, 1.54) is 50.5 Å². The molecule has 2 heteroatoms. The topological polar surface area (TPSA) is 35.2 Å². The van der Waals surface area contributed by atoms with Crippen molar-refractivity contribution in [1.29, 1.82) is 0 Å². The first kappa shape index (κ1) is 14.9. The van der Waals surface area contributed by atoms with Crippen LogP contribution in [0.25, 0.3) is 0 Å². The van der Waals surface area contributed by atoms with E-state index >= 15 is 0 Å². The molecule has 0 bridgehead atoms. The van der Waals surface area contributed by atoms with Crippen LogP contribution in [0, 0.1) is 5.92 Å². The van der Waals surface area contributed by atoms with Gasteiger partial charge < -0.3 is 10.5 Å². The molecule has 0 aromatic heterocycles. The van der Waals surface area contributed by atoms with E-state index in [2.05, 4.69) is 31.2 Å². The predicted octanol–water partition coefficient (Wildman–Crippen LogP) is 4.46. The number of fused-ring (bicyclic) bond motifs is 1. The molecule has 0 saturated heterocycles. The molecule has 116 valence electrons. The molecule has 2 N–H and O–H groups in total. The third-order valence-electron chi connectivity index (χ3n) is 5.41. The van der Waals surface area contributed by atoms with Gasteiger partial charge in [0, 0.05) is 18.4 Å². The molecule has 0 spiro atoms. The number of hydrogen-bond acceptors (Lipinski definition) is 2. The third kappa shape index (κ3) is 3.60. The summed E-state index contributed by atoms with van der Waals surface area (Å²) in [5, 5.41) is 0. The summed E-state index contributed by atoms with van der Waals surface area (Å²) in [4.78, 5) is 0. The summed E-state index contributed by atoms with van der Waals surface area (Å²) < 4.78 is 6.09. The zero-order valence-electron chi connectivity index (χ0n) is 13.3. The first-order chi connectivity index (χ1) is 10.2. The zero-order chi connectivity index (χ0) is 14.7. The molecule has 1 fully saturated rings. The van der Waals surface area contributed by atoms with Crippen molar-refractivity contribution in [2.75, 3.05) is 0 Å². The lowest BCUT2D eigenvalue weighted by atomic mass is 9.73. The summed E-state index contributed by atoms with van der Waals surface area (Å²) in [5.74, 6) is 1.99. The van der Waals surface area contributed by atoms with E-state index in [9.17, 15) is 0 Å². The lowest BCUT2D eigenvalue weighted by Gasteiger charge is -2.38. The molecular formula is C19H29NO. The van der Waals surface area contributed by atoms with E-state index in [-0.39, 0.29) is 5.54 Å². The Kier molecular flexibility index (Phi) is 4.54. The minimum Gasteiger partial charge on any atom is -0.490 e. The fraction of sp³-hybridized carbons (Fsp3) is 0.684. The zero-order valence-corrected chi connectivity index (χ0v) is 13.3. The van der Waals surface area contributed by atoms with Gasteiger partial charge in [0.15, 0.2) is 0 Å². The molecule has 1 aliphatic carbocycles. The number of ether oxygens (including phenoxy) is 1. The highest BCUT2D eigenvalue weighted by molar-refractivity contribution is 5.37. The molecular weight excluding hydrogens is 258 g/mol. The molecule has 1 saturated carbocycles. The number of rotatable bonds is 5. The summed E-state index contributed by atoms with van der Waals surface area (Å²) in [6.07, 6.45) is 11.4. The van der Waals surface area contributed by atoms with Crippen LogP contribution in [-0.2, 0) is 6.42 Å². The molecule has 1 unspecified atom stereocenters. The lowest BCUT2D eigenvalue weighted by molar-refractivity contribution is 0.136. The first-order valence-electron chi connectivity index (χ1n) is 8.72. The highest BCUT2D eigenvalue weighted by Gasteiger charge is 2.36. The fourth-order valence-electron chi connectivity index (χ4n) is 4.06. The van der Waals surface area contributed by atoms with Crippen LogP contribution in [0.4, 0.5) is 0 Å². The Morgan fingerprint density at radius 2 is 2.00 bits per heavy atom. The maximum absolute atomic E-state index is 6.68. The Hall–Kier alpha value is -1.02. The van der Waals surface area contributed by atoms with E-state index in [1.807, 2.05) is 0 Å². The molecule has 1 aromatic carbocycles. The Labute approximate surface area is 129 Å². The molecule has 0 amide bonds. The van der Waals surface area contributed by atoms with Gasteiger partial charge >= 0.3 is 0 Å². The SMILES string of the molecule is CCCCC1CCC(N)(CC2Cc3ccccc3O2)CC1. The quantitative estimate of drug-likeness (QED) is 0.868. The summed E-state index contributed by atoms with van der Waals surface area (Å²) in [7, 11) is 0. The Morgan fingerprint density at radius 3 is 2.71 bits per heavy atom. The van der Waals surface area contributed by atoms with Crippen molar-refractivity contribution in [3.05, 3.63) is 29.8 Å². The van der Waals surface area contributed by atoms with Crippen LogP contribution < -0.4 is 10.5 Å². The summed E-state index contributed by atoms with van der Waals surface area (Å²) in [6, 6.07) is 8.42. The molecule has 2 nitrogen and oxygen atoms in total. The normalized spacial score (nSPS) is 31.7. The van der Waals surface area contributed by atoms with Gasteiger partial charge in [0.2, 0.25) is 0 Å². The fourth-order valence-corrected chi connectivity index (χ4v) is 4.06. The van der Waals surface area contributed by atoms with Gasteiger partial charge in [0.05, 0.1) is 0 Å². The van der Waals surface area contributed by atoms with Gasteiger partial charge in [-0.3, -0.25) is 0 Å². The van der Waals surface area contributed by atoms with Gasteiger partial charge in [-0.1, -0.05) is 44.4 Å². The molecule has 1 aromatic rings. The van der Waals surface area contributed by atoms with Gasteiger partial charge in [0.25, 0.3) is 0 Å². The van der Waals surface area contributed by atoms with Crippen LogP contribution in [-0.4, -0.2) is 11.6 Å². The van der Waals surface area contributed by atoms with Crippen molar-refractivity contribution < 1.29 is 4.74 Å². The second-order valence-corrected chi connectivity index (χ2v) is 7.20. The first-order valence-corrected chi connectivity index (χ1v) is 8.72. The Balaban J connectivity index is 1.50. The van der Waals surface area contributed by atoms with Crippen LogP contribution in [0.3, 0.4) is 0 Å². The van der Waals surface area contributed by atoms with E-state index in [1.54, 1.807) is 0 Å². The van der Waals surface area contributed by atoms with Crippen LogP contribution in [0.1, 0.15) is 63.9 Å². The van der Waals surface area contributed by atoms with Crippen molar-refractivity contribution in [3.63, 3.8) is 0 Å². The average Bonchev–Trinajstić information content (AvgIpc) is 2.88. The highest BCUT2D eigenvalue weighted by atomic mass is 16.5. The minimum atomic E-state index is 0.00935. The Morgan fingerprint density at radius 1 is 1.24 bits per heavy atom. The summed E-state index contributed by atoms with van der Waals surface area (Å²) in [5.41, 5.74) is 8.04. The third-order valence-corrected chi connectivity index (χ3v) is 5.41. The van der Waals surface area contributed by atoms with Gasteiger partial charge in [-0.05, 0) is 43.2 Å². The van der Waals surface area contributed by atoms with E-state index < -0.39 is 0 Å². The number of nitrogens with two attached hydrogens (primary N) is 1. The molecule has 1 atom stereocenters. The van der Waals surface area contributed by atoms with Crippen molar-refractivity contribution in [2.24, 2.45) is 11.7 Å². The van der Waals surface area contributed by atoms with Crippen molar-refractivity contribution in [2.45, 2.75) is 76.4 Å². The van der Waals surface area contributed by atoms with Gasteiger partial charge in [-0.15, -0.1) is 0 Å². The molecule has 0 radical (unpaired) electrons. The van der Waals surface area contributed by atoms with E-state index in [0.29, 0.717) is 6.10 Å². The van der Waals surface area contributed by atoms with Gasteiger partial charge in [0.1, 0.15) is 11.9 Å². The lowest BCUT2D eigenvalue weighted by Crippen LogP contribution is -2.46. The smallest absolute Gasteiger partial charge is 0.123 e. The highest BCUT2D eigenvalue weighted by Crippen LogP contribution is 2.38. The summed E-state index contributed by atoms with van der Waals surface area (Å²) >= 11 is 0.